The van der Waals surface area contributed by atoms with Crippen molar-refractivity contribution in [3.63, 3.8) is 0 Å². The molecule has 29 heavy (non-hydrogen) atoms. The van der Waals surface area contributed by atoms with Crippen molar-refractivity contribution >= 4 is 17.8 Å². The van der Waals surface area contributed by atoms with Crippen molar-refractivity contribution in [2.24, 2.45) is 0 Å². The van der Waals surface area contributed by atoms with E-state index in [2.05, 4.69) is 27.5 Å². The lowest BCUT2D eigenvalue weighted by molar-refractivity contribution is -0.122. The van der Waals surface area contributed by atoms with Crippen LogP contribution < -0.4 is 15.4 Å². The fourth-order valence-electron chi connectivity index (χ4n) is 3.40. The van der Waals surface area contributed by atoms with Crippen LogP contribution in [0.4, 0.5) is 4.79 Å². The number of fused-ring (bicyclic) bond motifs is 1. The maximum atomic E-state index is 12.9. The average molecular weight is 390 g/mol. The predicted octanol–water partition coefficient (Wildman–Crippen LogP) is 0.984. The first-order chi connectivity index (χ1) is 13.9. The molecule has 146 valence electrons. The number of hydrogen-bond donors (Lipinski definition) is 2. The Balaban J connectivity index is 1.66. The molecule has 0 saturated carbocycles. The van der Waals surface area contributed by atoms with Gasteiger partial charge in [-0.25, -0.2) is 4.79 Å². The molecule has 0 bridgehead atoms. The summed E-state index contributed by atoms with van der Waals surface area (Å²) in [5, 5.41) is 4.81. The second-order valence-electron chi connectivity index (χ2n) is 6.88. The van der Waals surface area contributed by atoms with Gasteiger partial charge in [-0.05, 0) is 36.8 Å². The Labute approximate surface area is 167 Å². The van der Waals surface area contributed by atoms with Gasteiger partial charge in [-0.2, -0.15) is 0 Å². The van der Waals surface area contributed by atoms with E-state index in [1.54, 1.807) is 37.4 Å². The summed E-state index contributed by atoms with van der Waals surface area (Å²) in [6, 6.07) is 8.14. The molecular formula is C21H18N4O4. The van der Waals surface area contributed by atoms with E-state index in [1.165, 1.54) is 12.0 Å². The molecule has 0 aliphatic carbocycles. The van der Waals surface area contributed by atoms with Gasteiger partial charge in [0, 0.05) is 23.9 Å². The third kappa shape index (κ3) is 3.27. The summed E-state index contributed by atoms with van der Waals surface area (Å²) in [4.78, 5) is 43.0. The largest absolute Gasteiger partial charge is 0.497 e. The zero-order valence-corrected chi connectivity index (χ0v) is 15.9. The van der Waals surface area contributed by atoms with Crippen LogP contribution in [0, 0.1) is 18.8 Å². The standard InChI is InChI=1S/C21H18N4O4/c1-13-14(4-3-9-22-13)7-8-21(19(27)23-20(28)24-21)12-25-11-15-5-6-16(29-2)10-17(15)18(25)26/h3-6,9-10H,11-12H2,1-2H3,(H2,23,24,27,28)/t21-/m1/s1. The number of amides is 4. The molecule has 2 N–H and O–H groups in total. The molecule has 3 heterocycles. The number of aromatic nitrogens is 1. The minimum absolute atomic E-state index is 0.0767. The van der Waals surface area contributed by atoms with E-state index in [0.29, 0.717) is 29.1 Å². The summed E-state index contributed by atoms with van der Waals surface area (Å²) in [7, 11) is 1.53. The molecular weight excluding hydrogens is 372 g/mol. The van der Waals surface area contributed by atoms with Gasteiger partial charge in [0.1, 0.15) is 5.75 Å². The van der Waals surface area contributed by atoms with Gasteiger partial charge in [-0.15, -0.1) is 0 Å². The molecule has 1 aromatic heterocycles. The second-order valence-corrected chi connectivity index (χ2v) is 6.88. The molecule has 2 aromatic rings. The maximum absolute atomic E-state index is 12.9. The lowest BCUT2D eigenvalue weighted by atomic mass is 9.99. The number of urea groups is 1. The first kappa shape index (κ1) is 18.5. The highest BCUT2D eigenvalue weighted by Gasteiger charge is 2.48. The lowest BCUT2D eigenvalue weighted by Gasteiger charge is -2.26. The lowest BCUT2D eigenvalue weighted by Crippen LogP contribution is -2.54. The van der Waals surface area contributed by atoms with E-state index in [0.717, 1.165) is 5.56 Å². The third-order valence-electron chi connectivity index (χ3n) is 4.98. The van der Waals surface area contributed by atoms with Crippen LogP contribution >= 0.6 is 0 Å². The number of carbonyl (C=O) groups is 3. The van der Waals surface area contributed by atoms with Crippen LogP contribution in [0.5, 0.6) is 5.75 Å². The molecule has 1 aromatic carbocycles. The SMILES string of the molecule is COc1ccc2c(c1)C(=O)N(C[C@@]1(C#Cc3cccnc3C)NC(=O)NC1=O)C2. The molecule has 1 fully saturated rings. The molecule has 2 aliphatic rings. The number of ether oxygens (including phenoxy) is 1. The average Bonchev–Trinajstić information content (AvgIpc) is 3.16. The Kier molecular flexibility index (Phi) is 4.43. The Morgan fingerprint density at radius 1 is 1.28 bits per heavy atom. The van der Waals surface area contributed by atoms with Crippen LogP contribution in [0.25, 0.3) is 0 Å². The number of carbonyl (C=O) groups excluding carboxylic acids is 3. The van der Waals surface area contributed by atoms with Gasteiger partial charge in [0.25, 0.3) is 11.8 Å². The number of methoxy groups -OCH3 is 1. The van der Waals surface area contributed by atoms with Crippen LogP contribution in [0.15, 0.2) is 36.5 Å². The van der Waals surface area contributed by atoms with Crippen molar-refractivity contribution < 1.29 is 19.1 Å². The highest BCUT2D eigenvalue weighted by atomic mass is 16.5. The van der Waals surface area contributed by atoms with Gasteiger partial charge < -0.3 is 15.0 Å². The molecule has 0 unspecified atom stereocenters. The monoisotopic (exact) mass is 390 g/mol. The zero-order valence-electron chi connectivity index (χ0n) is 15.9. The van der Waals surface area contributed by atoms with E-state index in [9.17, 15) is 14.4 Å². The topological polar surface area (TPSA) is 101 Å². The number of aryl methyl sites for hydroxylation is 1. The minimum atomic E-state index is -1.54. The molecule has 8 nitrogen and oxygen atoms in total. The van der Waals surface area contributed by atoms with Gasteiger partial charge in [0.05, 0.1) is 19.3 Å². The minimum Gasteiger partial charge on any atom is -0.497 e. The molecule has 4 amide bonds. The number of nitrogens with one attached hydrogen (secondary N) is 2. The quantitative estimate of drug-likeness (QED) is 0.601. The molecule has 1 saturated heterocycles. The van der Waals surface area contributed by atoms with Gasteiger partial charge >= 0.3 is 6.03 Å². The fourth-order valence-corrected chi connectivity index (χ4v) is 3.40. The number of nitrogens with zero attached hydrogens (tertiary/aromatic N) is 2. The van der Waals surface area contributed by atoms with Gasteiger partial charge in [-0.3, -0.25) is 19.9 Å². The Morgan fingerprint density at radius 3 is 2.79 bits per heavy atom. The summed E-state index contributed by atoms with van der Waals surface area (Å²) in [5.74, 6) is 5.55. The van der Waals surface area contributed by atoms with Gasteiger partial charge in [0.15, 0.2) is 0 Å². The highest BCUT2D eigenvalue weighted by molar-refractivity contribution is 6.10. The van der Waals surface area contributed by atoms with E-state index in [-0.39, 0.29) is 12.5 Å². The summed E-state index contributed by atoms with van der Waals surface area (Å²) in [6.07, 6.45) is 1.65. The number of imide groups is 1. The predicted molar refractivity (Wildman–Crippen MR) is 103 cm³/mol. The second kappa shape index (κ2) is 6.95. The first-order valence-electron chi connectivity index (χ1n) is 8.96. The van der Waals surface area contributed by atoms with Crippen molar-refractivity contribution in [3.05, 3.63) is 58.9 Å². The number of hydrogen-bond acceptors (Lipinski definition) is 5. The Morgan fingerprint density at radius 2 is 2.10 bits per heavy atom. The van der Waals surface area contributed by atoms with Crippen molar-refractivity contribution in [1.82, 2.24) is 20.5 Å². The van der Waals surface area contributed by atoms with Crippen molar-refractivity contribution in [2.75, 3.05) is 13.7 Å². The van der Waals surface area contributed by atoms with Gasteiger partial charge in [-0.1, -0.05) is 17.9 Å². The smallest absolute Gasteiger partial charge is 0.323 e. The summed E-state index contributed by atoms with van der Waals surface area (Å²) >= 11 is 0. The first-order valence-corrected chi connectivity index (χ1v) is 8.96. The highest BCUT2D eigenvalue weighted by Crippen LogP contribution is 2.28. The molecule has 0 radical (unpaired) electrons. The van der Waals surface area contributed by atoms with Crippen LogP contribution in [-0.4, -0.2) is 46.9 Å². The molecule has 0 spiro atoms. The number of benzene rings is 1. The third-order valence-corrected chi connectivity index (χ3v) is 4.98. The van der Waals surface area contributed by atoms with Crippen molar-refractivity contribution in [3.8, 4) is 17.6 Å². The summed E-state index contributed by atoms with van der Waals surface area (Å²) in [6.45, 7) is 2.04. The number of pyridine rings is 1. The summed E-state index contributed by atoms with van der Waals surface area (Å²) < 4.78 is 5.19. The fraction of sp³-hybridized carbons (Fsp3) is 0.238. The van der Waals surface area contributed by atoms with Crippen LogP contribution in [0.3, 0.4) is 0 Å². The molecule has 8 heteroatoms. The Bertz CT molecular complexity index is 1100. The summed E-state index contributed by atoms with van der Waals surface area (Å²) in [5.41, 5.74) is 1.14. The number of rotatable bonds is 3. The van der Waals surface area contributed by atoms with E-state index in [1.807, 2.05) is 6.07 Å². The maximum Gasteiger partial charge on any atom is 0.323 e. The van der Waals surface area contributed by atoms with E-state index < -0.39 is 17.5 Å². The molecule has 4 rings (SSSR count). The zero-order chi connectivity index (χ0) is 20.6. The van der Waals surface area contributed by atoms with E-state index in [4.69, 9.17) is 4.74 Å². The van der Waals surface area contributed by atoms with Crippen LogP contribution in [0.2, 0.25) is 0 Å². The molecule has 1 atom stereocenters. The van der Waals surface area contributed by atoms with Gasteiger partial charge in [0.2, 0.25) is 5.54 Å². The van der Waals surface area contributed by atoms with Crippen molar-refractivity contribution in [1.29, 1.82) is 0 Å². The Hall–Kier alpha value is -3.86. The normalized spacial score (nSPS) is 19.9. The van der Waals surface area contributed by atoms with Crippen LogP contribution in [0.1, 0.15) is 27.2 Å². The van der Waals surface area contributed by atoms with Crippen molar-refractivity contribution in [2.45, 2.75) is 19.0 Å². The molecule has 2 aliphatic heterocycles. The van der Waals surface area contributed by atoms with Crippen LogP contribution in [-0.2, 0) is 11.3 Å². The van der Waals surface area contributed by atoms with E-state index >= 15 is 0 Å².